The van der Waals surface area contributed by atoms with Crippen LogP contribution in [0.5, 0.6) is 0 Å². The number of nitrogens with one attached hydrogen (secondary N) is 2. The third-order valence-electron chi connectivity index (χ3n) is 2.64. The second kappa shape index (κ2) is 5.14. The van der Waals surface area contributed by atoms with Gasteiger partial charge in [0.2, 0.25) is 0 Å². The molecule has 5 nitrogen and oxygen atoms in total. The Kier molecular flexibility index (Phi) is 3.58. The first-order valence-electron chi connectivity index (χ1n) is 5.75. The first-order valence-corrected chi connectivity index (χ1v) is 5.75. The van der Waals surface area contributed by atoms with Gasteiger partial charge in [-0.15, -0.1) is 0 Å². The molecule has 0 aliphatic carbocycles. The summed E-state index contributed by atoms with van der Waals surface area (Å²) in [6.07, 6.45) is 0.874. The van der Waals surface area contributed by atoms with Crippen LogP contribution in [0.2, 0.25) is 0 Å². The summed E-state index contributed by atoms with van der Waals surface area (Å²) in [6.45, 7) is 2.88. The number of pyridine rings is 1. The molecule has 0 aliphatic heterocycles. The van der Waals surface area contributed by atoms with Crippen LogP contribution in [-0.4, -0.2) is 35.7 Å². The van der Waals surface area contributed by atoms with E-state index in [9.17, 15) is 0 Å². The quantitative estimate of drug-likeness (QED) is 0.828. The molecule has 0 bridgehead atoms. The zero-order chi connectivity index (χ0) is 12.3. The molecule has 0 saturated heterocycles. The van der Waals surface area contributed by atoms with Crippen molar-refractivity contribution in [1.82, 2.24) is 15.0 Å². The number of aromatic nitrogens is 3. The fourth-order valence-electron chi connectivity index (χ4n) is 1.85. The maximum Gasteiger partial charge on any atom is 0.179 e. The van der Waals surface area contributed by atoms with Gasteiger partial charge in [-0.1, -0.05) is 6.92 Å². The van der Waals surface area contributed by atoms with Crippen molar-refractivity contribution in [2.45, 2.75) is 13.3 Å². The zero-order valence-electron chi connectivity index (χ0n) is 10.4. The van der Waals surface area contributed by atoms with Crippen molar-refractivity contribution < 1.29 is 4.74 Å². The zero-order valence-corrected chi connectivity index (χ0v) is 10.4. The monoisotopic (exact) mass is 234 g/mol. The van der Waals surface area contributed by atoms with E-state index in [1.165, 1.54) is 0 Å². The van der Waals surface area contributed by atoms with Gasteiger partial charge in [0.1, 0.15) is 11.6 Å². The second-order valence-electron chi connectivity index (χ2n) is 4.27. The molecule has 0 aromatic carbocycles. The minimum Gasteiger partial charge on any atom is -0.384 e. The SMILES string of the molecule is CNc1ccc2[nH]c(CC(C)COC)nc2n1. The predicted molar refractivity (Wildman–Crippen MR) is 68.2 cm³/mol. The molecule has 2 rings (SSSR count). The summed E-state index contributed by atoms with van der Waals surface area (Å²) < 4.78 is 5.12. The van der Waals surface area contributed by atoms with E-state index < -0.39 is 0 Å². The number of ether oxygens (including phenoxy) is 1. The van der Waals surface area contributed by atoms with Crippen molar-refractivity contribution in [2.75, 3.05) is 26.1 Å². The van der Waals surface area contributed by atoms with Gasteiger partial charge in [0.15, 0.2) is 5.65 Å². The Labute approximate surface area is 101 Å². The first-order chi connectivity index (χ1) is 8.22. The standard InChI is InChI=1S/C12H18N4O/c1-8(7-17-3)6-11-14-9-4-5-10(13-2)15-12(9)16-11/h4-5,8H,6-7H2,1-3H3,(H2,13,14,15,16). The van der Waals surface area contributed by atoms with Crippen LogP contribution in [0.1, 0.15) is 12.7 Å². The molecule has 0 saturated carbocycles. The van der Waals surface area contributed by atoms with Crippen LogP contribution < -0.4 is 5.32 Å². The summed E-state index contributed by atoms with van der Waals surface area (Å²) in [4.78, 5) is 12.1. The summed E-state index contributed by atoms with van der Waals surface area (Å²) in [6, 6.07) is 3.93. The van der Waals surface area contributed by atoms with Gasteiger partial charge >= 0.3 is 0 Å². The van der Waals surface area contributed by atoms with Gasteiger partial charge in [-0.05, 0) is 18.1 Å². The average Bonchev–Trinajstić information content (AvgIpc) is 2.69. The Morgan fingerprint density at radius 3 is 2.94 bits per heavy atom. The minimum absolute atomic E-state index is 0.448. The number of hydrogen-bond acceptors (Lipinski definition) is 4. The Morgan fingerprint density at radius 2 is 2.24 bits per heavy atom. The first kappa shape index (κ1) is 11.9. The largest absolute Gasteiger partial charge is 0.384 e. The van der Waals surface area contributed by atoms with E-state index >= 15 is 0 Å². The van der Waals surface area contributed by atoms with Gasteiger partial charge < -0.3 is 15.0 Å². The third kappa shape index (κ3) is 2.74. The Bertz CT molecular complexity index is 494. The van der Waals surface area contributed by atoms with Gasteiger partial charge in [-0.2, -0.15) is 0 Å². The van der Waals surface area contributed by atoms with Crippen LogP contribution in [0, 0.1) is 5.92 Å². The molecule has 2 aromatic heterocycles. The van der Waals surface area contributed by atoms with Gasteiger partial charge in [-0.25, -0.2) is 9.97 Å². The molecule has 2 N–H and O–H groups in total. The lowest BCUT2D eigenvalue weighted by atomic mass is 10.1. The van der Waals surface area contributed by atoms with Crippen molar-refractivity contribution >= 4 is 17.0 Å². The van der Waals surface area contributed by atoms with Gasteiger partial charge in [0, 0.05) is 27.2 Å². The van der Waals surface area contributed by atoms with Crippen molar-refractivity contribution in [3.05, 3.63) is 18.0 Å². The molecule has 1 atom stereocenters. The van der Waals surface area contributed by atoms with Gasteiger partial charge in [0.05, 0.1) is 5.52 Å². The maximum absolute atomic E-state index is 5.12. The van der Waals surface area contributed by atoms with E-state index in [0.29, 0.717) is 5.92 Å². The number of imidazole rings is 1. The van der Waals surface area contributed by atoms with Crippen molar-refractivity contribution in [2.24, 2.45) is 5.92 Å². The van der Waals surface area contributed by atoms with Crippen LogP contribution in [0.25, 0.3) is 11.2 Å². The number of rotatable bonds is 5. The molecule has 2 aromatic rings. The lowest BCUT2D eigenvalue weighted by Gasteiger charge is -2.06. The van der Waals surface area contributed by atoms with E-state index in [4.69, 9.17) is 4.74 Å². The minimum atomic E-state index is 0.448. The van der Waals surface area contributed by atoms with E-state index in [1.54, 1.807) is 7.11 Å². The molecular formula is C12H18N4O. The Balaban J connectivity index is 2.19. The van der Waals surface area contributed by atoms with Gasteiger partial charge in [0.25, 0.3) is 0 Å². The number of aromatic amines is 1. The molecule has 0 aliphatic rings. The molecule has 0 spiro atoms. The van der Waals surface area contributed by atoms with Crippen molar-refractivity contribution in [3.8, 4) is 0 Å². The molecule has 17 heavy (non-hydrogen) atoms. The van der Waals surface area contributed by atoms with Crippen molar-refractivity contribution in [3.63, 3.8) is 0 Å². The third-order valence-corrected chi connectivity index (χ3v) is 2.64. The number of nitrogens with zero attached hydrogens (tertiary/aromatic N) is 2. The molecular weight excluding hydrogens is 216 g/mol. The van der Waals surface area contributed by atoms with E-state index in [0.717, 1.165) is 35.8 Å². The number of methoxy groups -OCH3 is 1. The summed E-state index contributed by atoms with van der Waals surface area (Å²) >= 11 is 0. The number of anilines is 1. The predicted octanol–water partition coefficient (Wildman–Crippen LogP) is 1.82. The van der Waals surface area contributed by atoms with Crippen LogP contribution >= 0.6 is 0 Å². The van der Waals surface area contributed by atoms with Crippen molar-refractivity contribution in [1.29, 1.82) is 0 Å². The number of fused-ring (bicyclic) bond motifs is 1. The topological polar surface area (TPSA) is 62.8 Å². The fraction of sp³-hybridized carbons (Fsp3) is 0.500. The average molecular weight is 234 g/mol. The van der Waals surface area contributed by atoms with E-state index in [2.05, 4.69) is 27.2 Å². The molecule has 5 heteroatoms. The van der Waals surface area contributed by atoms with E-state index in [1.807, 2.05) is 19.2 Å². The maximum atomic E-state index is 5.12. The summed E-state index contributed by atoms with van der Waals surface area (Å²) in [5.41, 5.74) is 1.74. The van der Waals surface area contributed by atoms with Gasteiger partial charge in [-0.3, -0.25) is 0 Å². The lowest BCUT2D eigenvalue weighted by molar-refractivity contribution is 0.159. The molecule has 92 valence electrons. The van der Waals surface area contributed by atoms with Crippen LogP contribution in [-0.2, 0) is 11.2 Å². The lowest BCUT2D eigenvalue weighted by Crippen LogP contribution is -2.07. The highest BCUT2D eigenvalue weighted by Gasteiger charge is 2.08. The normalized spacial score (nSPS) is 12.9. The number of H-pyrrole nitrogens is 1. The summed E-state index contributed by atoms with van der Waals surface area (Å²) in [5, 5.41) is 3.00. The number of hydrogen-bond donors (Lipinski definition) is 2. The molecule has 0 fully saturated rings. The Morgan fingerprint density at radius 1 is 1.41 bits per heavy atom. The highest BCUT2D eigenvalue weighted by atomic mass is 16.5. The highest BCUT2D eigenvalue weighted by molar-refractivity contribution is 5.72. The second-order valence-corrected chi connectivity index (χ2v) is 4.27. The Hall–Kier alpha value is -1.62. The summed E-state index contributed by atoms with van der Waals surface area (Å²) in [7, 11) is 3.57. The smallest absolute Gasteiger partial charge is 0.179 e. The van der Waals surface area contributed by atoms with Crippen LogP contribution in [0.15, 0.2) is 12.1 Å². The van der Waals surface area contributed by atoms with Crippen LogP contribution in [0.4, 0.5) is 5.82 Å². The molecule has 0 radical (unpaired) electrons. The molecule has 2 heterocycles. The summed E-state index contributed by atoms with van der Waals surface area (Å²) in [5.74, 6) is 2.25. The molecule has 1 unspecified atom stereocenters. The molecule has 0 amide bonds. The van der Waals surface area contributed by atoms with E-state index in [-0.39, 0.29) is 0 Å². The highest BCUT2D eigenvalue weighted by Crippen LogP contribution is 2.14. The fourth-order valence-corrected chi connectivity index (χ4v) is 1.85. The van der Waals surface area contributed by atoms with Crippen LogP contribution in [0.3, 0.4) is 0 Å².